The summed E-state index contributed by atoms with van der Waals surface area (Å²) in [6.45, 7) is 7.47. The Labute approximate surface area is 119 Å². The highest BCUT2D eigenvalue weighted by atomic mass is 16.2. The Hall–Kier alpha value is -1.84. The molecule has 1 unspecified atom stereocenters. The fourth-order valence-corrected chi connectivity index (χ4v) is 2.47. The highest BCUT2D eigenvalue weighted by Gasteiger charge is 2.30. The fourth-order valence-electron chi connectivity index (χ4n) is 2.47. The molecule has 1 aliphatic rings. The fraction of sp³-hybridized carbons (Fsp3) is 0.500. The maximum atomic E-state index is 12.3. The lowest BCUT2D eigenvalue weighted by Crippen LogP contribution is -2.31. The Kier molecular flexibility index (Phi) is 3.84. The third-order valence-electron chi connectivity index (χ3n) is 3.88. The van der Waals surface area contributed by atoms with Gasteiger partial charge in [0.25, 0.3) is 5.91 Å². The number of carbonyl (C=O) groups excluding carboxylic acids is 2. The number of hydrogen-bond donors (Lipinski definition) is 1. The third kappa shape index (κ3) is 3.00. The molecule has 0 aromatic heterocycles. The van der Waals surface area contributed by atoms with E-state index in [1.165, 1.54) is 5.56 Å². The number of likely N-dealkylation sites (tertiary alicyclic amines) is 1. The van der Waals surface area contributed by atoms with E-state index in [1.807, 2.05) is 24.3 Å². The van der Waals surface area contributed by atoms with Gasteiger partial charge in [-0.05, 0) is 29.5 Å². The SMILES string of the molecule is CC(C)(C)c1ccc(C(=O)N2CCC(C(N)=O)C2)cc1. The molecule has 0 saturated carbocycles. The molecule has 0 bridgehead atoms. The summed E-state index contributed by atoms with van der Waals surface area (Å²) in [5.74, 6) is -0.537. The molecule has 0 radical (unpaired) electrons. The topological polar surface area (TPSA) is 63.4 Å². The van der Waals surface area contributed by atoms with Gasteiger partial charge in [0.1, 0.15) is 0 Å². The number of primary amides is 1. The average Bonchev–Trinajstić information content (AvgIpc) is 2.86. The normalized spacial score (nSPS) is 19.1. The Morgan fingerprint density at radius 3 is 2.25 bits per heavy atom. The quantitative estimate of drug-likeness (QED) is 0.895. The van der Waals surface area contributed by atoms with Crippen LogP contribution in [0.1, 0.15) is 43.1 Å². The van der Waals surface area contributed by atoms with Gasteiger partial charge in [-0.2, -0.15) is 0 Å². The Morgan fingerprint density at radius 2 is 1.80 bits per heavy atom. The zero-order valence-corrected chi connectivity index (χ0v) is 12.3. The van der Waals surface area contributed by atoms with Crippen LogP contribution in [-0.4, -0.2) is 29.8 Å². The molecule has 1 aromatic rings. The summed E-state index contributed by atoms with van der Waals surface area (Å²) in [6, 6.07) is 7.71. The average molecular weight is 274 g/mol. The molecule has 1 fully saturated rings. The van der Waals surface area contributed by atoms with Crippen LogP contribution in [0.5, 0.6) is 0 Å². The first-order valence-corrected chi connectivity index (χ1v) is 6.98. The van der Waals surface area contributed by atoms with Gasteiger partial charge in [0.15, 0.2) is 0 Å². The number of carbonyl (C=O) groups is 2. The Morgan fingerprint density at radius 1 is 1.20 bits per heavy atom. The van der Waals surface area contributed by atoms with Crippen molar-refractivity contribution in [3.8, 4) is 0 Å². The molecule has 2 rings (SSSR count). The summed E-state index contributed by atoms with van der Waals surface area (Å²) >= 11 is 0. The van der Waals surface area contributed by atoms with Crippen molar-refractivity contribution in [1.82, 2.24) is 4.90 Å². The first-order chi connectivity index (χ1) is 9.29. The van der Waals surface area contributed by atoms with E-state index in [1.54, 1.807) is 4.90 Å². The third-order valence-corrected chi connectivity index (χ3v) is 3.88. The van der Waals surface area contributed by atoms with Crippen LogP contribution >= 0.6 is 0 Å². The van der Waals surface area contributed by atoms with Crippen LogP contribution < -0.4 is 5.73 Å². The predicted octanol–water partition coefficient (Wildman–Crippen LogP) is 1.93. The number of nitrogens with zero attached hydrogens (tertiary/aromatic N) is 1. The van der Waals surface area contributed by atoms with Crippen molar-refractivity contribution >= 4 is 11.8 Å². The Balaban J connectivity index is 2.09. The first-order valence-electron chi connectivity index (χ1n) is 6.98. The summed E-state index contributed by atoms with van der Waals surface area (Å²) in [5.41, 5.74) is 7.23. The molecule has 2 N–H and O–H groups in total. The Bertz CT molecular complexity index is 514. The zero-order valence-electron chi connectivity index (χ0n) is 12.3. The minimum absolute atomic E-state index is 0.0193. The van der Waals surface area contributed by atoms with Gasteiger partial charge in [-0.1, -0.05) is 32.9 Å². The van der Waals surface area contributed by atoms with Crippen molar-refractivity contribution in [2.24, 2.45) is 11.7 Å². The number of benzene rings is 1. The van der Waals surface area contributed by atoms with Gasteiger partial charge in [-0.3, -0.25) is 9.59 Å². The predicted molar refractivity (Wildman–Crippen MR) is 78.3 cm³/mol. The van der Waals surface area contributed by atoms with Gasteiger partial charge in [0, 0.05) is 18.7 Å². The van der Waals surface area contributed by atoms with Crippen LogP contribution in [0, 0.1) is 5.92 Å². The lowest BCUT2D eigenvalue weighted by molar-refractivity contribution is -0.121. The summed E-state index contributed by atoms with van der Waals surface area (Å²) < 4.78 is 0. The summed E-state index contributed by atoms with van der Waals surface area (Å²) in [7, 11) is 0. The second-order valence-electron chi connectivity index (χ2n) is 6.47. The van der Waals surface area contributed by atoms with Crippen LogP contribution in [0.3, 0.4) is 0 Å². The van der Waals surface area contributed by atoms with Gasteiger partial charge in [0.05, 0.1) is 5.92 Å². The molecule has 1 saturated heterocycles. The lowest BCUT2D eigenvalue weighted by Gasteiger charge is -2.20. The van der Waals surface area contributed by atoms with Crippen molar-refractivity contribution in [3.63, 3.8) is 0 Å². The van der Waals surface area contributed by atoms with E-state index >= 15 is 0 Å². The number of hydrogen-bond acceptors (Lipinski definition) is 2. The molecule has 1 aliphatic heterocycles. The van der Waals surface area contributed by atoms with E-state index in [2.05, 4.69) is 20.8 Å². The van der Waals surface area contributed by atoms with E-state index in [4.69, 9.17) is 5.73 Å². The van der Waals surface area contributed by atoms with E-state index in [-0.39, 0.29) is 23.1 Å². The molecule has 0 aliphatic carbocycles. The van der Waals surface area contributed by atoms with Gasteiger partial charge >= 0.3 is 0 Å². The molecule has 4 nitrogen and oxygen atoms in total. The monoisotopic (exact) mass is 274 g/mol. The van der Waals surface area contributed by atoms with Crippen molar-refractivity contribution in [3.05, 3.63) is 35.4 Å². The van der Waals surface area contributed by atoms with E-state index in [0.29, 0.717) is 25.1 Å². The molecule has 1 aromatic carbocycles. The highest BCUT2D eigenvalue weighted by Crippen LogP contribution is 2.23. The van der Waals surface area contributed by atoms with Crippen LogP contribution in [0.25, 0.3) is 0 Å². The van der Waals surface area contributed by atoms with Crippen LogP contribution in [0.2, 0.25) is 0 Å². The van der Waals surface area contributed by atoms with Gasteiger partial charge in [0.2, 0.25) is 5.91 Å². The second-order valence-corrected chi connectivity index (χ2v) is 6.47. The molecule has 2 amide bonds. The van der Waals surface area contributed by atoms with Crippen molar-refractivity contribution < 1.29 is 9.59 Å². The summed E-state index contributed by atoms with van der Waals surface area (Å²) in [6.07, 6.45) is 0.668. The highest BCUT2D eigenvalue weighted by molar-refractivity contribution is 5.95. The maximum Gasteiger partial charge on any atom is 0.253 e. The van der Waals surface area contributed by atoms with E-state index in [9.17, 15) is 9.59 Å². The van der Waals surface area contributed by atoms with Crippen molar-refractivity contribution in [1.29, 1.82) is 0 Å². The number of nitrogens with two attached hydrogens (primary N) is 1. The van der Waals surface area contributed by atoms with Crippen molar-refractivity contribution in [2.45, 2.75) is 32.6 Å². The molecular weight excluding hydrogens is 252 g/mol. The molecule has 20 heavy (non-hydrogen) atoms. The minimum Gasteiger partial charge on any atom is -0.369 e. The van der Waals surface area contributed by atoms with Gasteiger partial charge in [-0.15, -0.1) is 0 Å². The molecule has 1 atom stereocenters. The molecule has 0 spiro atoms. The largest absolute Gasteiger partial charge is 0.369 e. The van der Waals surface area contributed by atoms with Gasteiger partial charge in [-0.25, -0.2) is 0 Å². The summed E-state index contributed by atoms with van der Waals surface area (Å²) in [4.78, 5) is 25.2. The van der Waals surface area contributed by atoms with Crippen LogP contribution in [0.4, 0.5) is 0 Å². The van der Waals surface area contributed by atoms with Crippen molar-refractivity contribution in [2.75, 3.05) is 13.1 Å². The molecule has 4 heteroatoms. The minimum atomic E-state index is -0.316. The molecular formula is C16H22N2O2. The number of rotatable bonds is 2. The smallest absolute Gasteiger partial charge is 0.253 e. The van der Waals surface area contributed by atoms with E-state index < -0.39 is 0 Å². The van der Waals surface area contributed by atoms with Gasteiger partial charge < -0.3 is 10.6 Å². The maximum absolute atomic E-state index is 12.3. The second kappa shape index (κ2) is 5.27. The van der Waals surface area contributed by atoms with E-state index in [0.717, 1.165) is 0 Å². The lowest BCUT2D eigenvalue weighted by atomic mass is 9.86. The zero-order chi connectivity index (χ0) is 14.9. The van der Waals surface area contributed by atoms with Crippen LogP contribution in [0.15, 0.2) is 24.3 Å². The molecule has 1 heterocycles. The first kappa shape index (κ1) is 14.6. The number of amides is 2. The summed E-state index contributed by atoms with van der Waals surface area (Å²) in [5, 5.41) is 0. The molecule has 108 valence electrons. The standard InChI is InChI=1S/C16H22N2O2/c1-16(2,3)13-6-4-11(5-7-13)15(20)18-9-8-12(10-18)14(17)19/h4-7,12H,8-10H2,1-3H3,(H2,17,19). The van der Waals surface area contributed by atoms with Crippen LogP contribution in [-0.2, 0) is 10.2 Å².